The van der Waals surface area contributed by atoms with Crippen molar-refractivity contribution in [1.29, 1.82) is 0 Å². The van der Waals surface area contributed by atoms with Crippen LogP contribution in [0.15, 0.2) is 77.5 Å². The van der Waals surface area contributed by atoms with Gasteiger partial charge in [0.05, 0.1) is 5.56 Å². The second kappa shape index (κ2) is 7.52. The topological polar surface area (TPSA) is 70.2 Å². The van der Waals surface area contributed by atoms with E-state index in [1.807, 2.05) is 78.5 Å². The predicted molar refractivity (Wildman–Crippen MR) is 104 cm³/mol. The number of aryl methyl sites for hydroxylation is 1. The summed E-state index contributed by atoms with van der Waals surface area (Å²) in [4.78, 5) is 12.6. The predicted octanol–water partition coefficient (Wildman–Crippen LogP) is 4.75. The summed E-state index contributed by atoms with van der Waals surface area (Å²) in [5.74, 6) is 0.203. The summed E-state index contributed by atoms with van der Waals surface area (Å²) < 4.78 is 13.2. The average molecular weight is 373 g/mol. The third-order valence-electron chi connectivity index (χ3n) is 4.42. The summed E-state index contributed by atoms with van der Waals surface area (Å²) in [5.41, 5.74) is 3.26. The van der Waals surface area contributed by atoms with Gasteiger partial charge >= 0.3 is 5.97 Å². The SMILES string of the molecule is Cc1ccc(C(=O)O[C@H](C)c2nnc(-c3ccccc3)o2)cc1-n1cccc1. The van der Waals surface area contributed by atoms with Crippen LogP contribution in [0.25, 0.3) is 17.1 Å². The summed E-state index contributed by atoms with van der Waals surface area (Å²) in [6.45, 7) is 3.71. The molecule has 4 rings (SSSR count). The number of hydrogen-bond acceptors (Lipinski definition) is 5. The molecule has 4 aromatic rings. The van der Waals surface area contributed by atoms with E-state index in [4.69, 9.17) is 9.15 Å². The van der Waals surface area contributed by atoms with Crippen LogP contribution in [-0.2, 0) is 4.74 Å². The smallest absolute Gasteiger partial charge is 0.338 e. The van der Waals surface area contributed by atoms with Crippen LogP contribution in [0.2, 0.25) is 0 Å². The molecule has 0 bridgehead atoms. The molecular weight excluding hydrogens is 354 g/mol. The van der Waals surface area contributed by atoms with Gasteiger partial charge in [0.15, 0.2) is 6.10 Å². The van der Waals surface area contributed by atoms with Crippen LogP contribution in [0.3, 0.4) is 0 Å². The molecule has 0 saturated heterocycles. The molecule has 6 nitrogen and oxygen atoms in total. The quantitative estimate of drug-likeness (QED) is 0.472. The Balaban J connectivity index is 1.51. The van der Waals surface area contributed by atoms with Crippen LogP contribution < -0.4 is 0 Å². The molecule has 0 saturated carbocycles. The van der Waals surface area contributed by atoms with E-state index in [0.29, 0.717) is 11.5 Å². The highest BCUT2D eigenvalue weighted by Gasteiger charge is 2.20. The van der Waals surface area contributed by atoms with Gasteiger partial charge in [0.2, 0.25) is 5.89 Å². The van der Waals surface area contributed by atoms with Gasteiger partial charge < -0.3 is 13.7 Å². The molecule has 0 aliphatic rings. The summed E-state index contributed by atoms with van der Waals surface area (Å²) in [6.07, 6.45) is 3.21. The van der Waals surface area contributed by atoms with E-state index in [1.165, 1.54) is 0 Å². The Morgan fingerprint density at radius 2 is 1.79 bits per heavy atom. The van der Waals surface area contributed by atoms with Crippen molar-refractivity contribution >= 4 is 5.97 Å². The molecule has 0 radical (unpaired) electrons. The number of nitrogens with zero attached hydrogens (tertiary/aromatic N) is 3. The average Bonchev–Trinajstić information content (AvgIpc) is 3.41. The minimum absolute atomic E-state index is 0.255. The number of ether oxygens (including phenoxy) is 1. The van der Waals surface area contributed by atoms with Crippen molar-refractivity contribution in [2.75, 3.05) is 0 Å². The Kier molecular flexibility index (Phi) is 4.76. The van der Waals surface area contributed by atoms with Crippen LogP contribution in [0.5, 0.6) is 0 Å². The van der Waals surface area contributed by atoms with Crippen molar-refractivity contribution in [3.63, 3.8) is 0 Å². The van der Waals surface area contributed by atoms with E-state index in [2.05, 4.69) is 10.2 Å². The maximum Gasteiger partial charge on any atom is 0.338 e. The molecular formula is C22H19N3O3. The zero-order valence-corrected chi connectivity index (χ0v) is 15.6. The van der Waals surface area contributed by atoms with Gasteiger partial charge in [-0.2, -0.15) is 0 Å². The zero-order valence-electron chi connectivity index (χ0n) is 15.6. The molecule has 2 heterocycles. The van der Waals surface area contributed by atoms with Gasteiger partial charge in [-0.1, -0.05) is 24.3 Å². The van der Waals surface area contributed by atoms with Gasteiger partial charge in [0.25, 0.3) is 5.89 Å². The molecule has 1 atom stereocenters. The van der Waals surface area contributed by atoms with Gasteiger partial charge in [-0.05, 0) is 55.8 Å². The first-order valence-corrected chi connectivity index (χ1v) is 8.95. The molecule has 0 N–H and O–H groups in total. The van der Waals surface area contributed by atoms with Crippen LogP contribution >= 0.6 is 0 Å². The fraction of sp³-hybridized carbons (Fsp3) is 0.136. The molecule has 0 fully saturated rings. The van der Waals surface area contributed by atoms with Crippen molar-refractivity contribution in [3.8, 4) is 17.1 Å². The lowest BCUT2D eigenvalue weighted by Crippen LogP contribution is -2.10. The number of carbonyl (C=O) groups is 1. The Labute approximate surface area is 162 Å². The standard InChI is InChI=1S/C22H19N3O3/c1-15-10-11-18(14-19(15)25-12-6-7-13-25)22(26)27-16(2)20-23-24-21(28-20)17-8-4-3-5-9-17/h3-14,16H,1-2H3/t16-/m1/s1. The fourth-order valence-corrected chi connectivity index (χ4v) is 2.88. The first-order chi connectivity index (χ1) is 13.6. The Bertz CT molecular complexity index is 1090. The van der Waals surface area contributed by atoms with Gasteiger partial charge in [0, 0.05) is 23.6 Å². The lowest BCUT2D eigenvalue weighted by Gasteiger charge is -2.12. The van der Waals surface area contributed by atoms with E-state index >= 15 is 0 Å². The van der Waals surface area contributed by atoms with Crippen molar-refractivity contribution in [3.05, 3.63) is 90.1 Å². The molecule has 28 heavy (non-hydrogen) atoms. The van der Waals surface area contributed by atoms with Crippen LogP contribution in [0.1, 0.15) is 34.8 Å². The number of benzene rings is 2. The second-order valence-electron chi connectivity index (χ2n) is 6.45. The summed E-state index contributed by atoms with van der Waals surface area (Å²) in [5, 5.41) is 8.05. The maximum atomic E-state index is 12.6. The first kappa shape index (κ1) is 17.7. The first-order valence-electron chi connectivity index (χ1n) is 8.95. The number of rotatable bonds is 5. The van der Waals surface area contributed by atoms with Crippen LogP contribution in [-0.4, -0.2) is 20.7 Å². The van der Waals surface area contributed by atoms with Crippen molar-refractivity contribution in [1.82, 2.24) is 14.8 Å². The number of aromatic nitrogens is 3. The van der Waals surface area contributed by atoms with E-state index in [1.54, 1.807) is 13.0 Å². The minimum atomic E-state index is -0.659. The Hall–Kier alpha value is -3.67. The lowest BCUT2D eigenvalue weighted by molar-refractivity contribution is 0.0280. The van der Waals surface area contributed by atoms with Crippen LogP contribution in [0, 0.1) is 6.92 Å². The number of esters is 1. The van der Waals surface area contributed by atoms with Crippen molar-refractivity contribution in [2.45, 2.75) is 20.0 Å². The largest absolute Gasteiger partial charge is 0.449 e. The molecule has 0 aliphatic heterocycles. The second-order valence-corrected chi connectivity index (χ2v) is 6.45. The Morgan fingerprint density at radius 1 is 1.04 bits per heavy atom. The third-order valence-corrected chi connectivity index (χ3v) is 4.42. The molecule has 2 aromatic heterocycles. The van der Waals surface area contributed by atoms with Gasteiger partial charge in [-0.15, -0.1) is 10.2 Å². The zero-order chi connectivity index (χ0) is 19.5. The van der Waals surface area contributed by atoms with E-state index in [0.717, 1.165) is 16.8 Å². The monoisotopic (exact) mass is 373 g/mol. The van der Waals surface area contributed by atoms with E-state index < -0.39 is 12.1 Å². The number of hydrogen-bond donors (Lipinski definition) is 0. The summed E-state index contributed by atoms with van der Waals surface area (Å²) in [6, 6.07) is 18.8. The van der Waals surface area contributed by atoms with Gasteiger partial charge in [0.1, 0.15) is 0 Å². The molecule has 140 valence electrons. The number of carbonyl (C=O) groups excluding carboxylic acids is 1. The van der Waals surface area contributed by atoms with Crippen molar-refractivity contribution < 1.29 is 13.9 Å². The van der Waals surface area contributed by atoms with E-state index in [9.17, 15) is 4.79 Å². The summed E-state index contributed by atoms with van der Waals surface area (Å²) >= 11 is 0. The normalized spacial score (nSPS) is 11.9. The molecule has 6 heteroatoms. The highest BCUT2D eigenvalue weighted by atomic mass is 16.6. The van der Waals surface area contributed by atoms with Gasteiger partial charge in [-0.25, -0.2) is 4.79 Å². The maximum absolute atomic E-state index is 12.6. The van der Waals surface area contributed by atoms with Crippen molar-refractivity contribution in [2.24, 2.45) is 0 Å². The van der Waals surface area contributed by atoms with Crippen LogP contribution in [0.4, 0.5) is 0 Å². The molecule has 0 aliphatic carbocycles. The Morgan fingerprint density at radius 3 is 2.54 bits per heavy atom. The summed E-state index contributed by atoms with van der Waals surface area (Å²) in [7, 11) is 0. The minimum Gasteiger partial charge on any atom is -0.449 e. The highest BCUT2D eigenvalue weighted by molar-refractivity contribution is 5.90. The molecule has 2 aromatic carbocycles. The molecule has 0 unspecified atom stereocenters. The molecule has 0 amide bonds. The highest BCUT2D eigenvalue weighted by Crippen LogP contribution is 2.24. The fourth-order valence-electron chi connectivity index (χ4n) is 2.88. The lowest BCUT2D eigenvalue weighted by atomic mass is 10.1. The van der Waals surface area contributed by atoms with Gasteiger partial charge in [-0.3, -0.25) is 0 Å². The molecule has 0 spiro atoms. The third kappa shape index (κ3) is 3.57. The van der Waals surface area contributed by atoms with E-state index in [-0.39, 0.29) is 5.89 Å².